The first-order valence-corrected chi connectivity index (χ1v) is 7.02. The molecule has 0 radical (unpaired) electrons. The molecule has 0 aliphatic heterocycles. The minimum Gasteiger partial charge on any atom is -0.478 e. The van der Waals surface area contributed by atoms with Crippen LogP contribution < -0.4 is 0 Å². The highest BCUT2D eigenvalue weighted by Gasteiger charge is 2.50. The SMILES string of the molecule is CC(C)C1CCC(C)C2(O)CCC(C(=O)O)=CC12. The van der Waals surface area contributed by atoms with Gasteiger partial charge in [-0.25, -0.2) is 4.79 Å². The summed E-state index contributed by atoms with van der Waals surface area (Å²) < 4.78 is 0. The van der Waals surface area contributed by atoms with E-state index in [1.807, 2.05) is 6.08 Å². The highest BCUT2D eigenvalue weighted by molar-refractivity contribution is 5.86. The first kappa shape index (κ1) is 13.6. The van der Waals surface area contributed by atoms with Crippen LogP contribution >= 0.6 is 0 Å². The molecule has 0 aromatic carbocycles. The van der Waals surface area contributed by atoms with Gasteiger partial charge in [0.05, 0.1) is 5.60 Å². The Morgan fingerprint density at radius 1 is 1.44 bits per heavy atom. The number of hydrogen-bond donors (Lipinski definition) is 2. The van der Waals surface area contributed by atoms with Crippen LogP contribution in [-0.4, -0.2) is 21.8 Å². The van der Waals surface area contributed by atoms with Gasteiger partial charge in [0.15, 0.2) is 0 Å². The van der Waals surface area contributed by atoms with E-state index >= 15 is 0 Å². The molecule has 0 amide bonds. The van der Waals surface area contributed by atoms with Gasteiger partial charge in [0.1, 0.15) is 0 Å². The van der Waals surface area contributed by atoms with Gasteiger partial charge in [-0.05, 0) is 43.4 Å². The van der Waals surface area contributed by atoms with E-state index in [1.165, 1.54) is 0 Å². The first-order chi connectivity index (χ1) is 8.36. The third-order valence-electron chi connectivity index (χ3n) is 5.13. The van der Waals surface area contributed by atoms with Crippen LogP contribution in [0.1, 0.15) is 46.5 Å². The standard InChI is InChI=1S/C15H24O3/c1-9(2)12-5-4-10(3)15(18)7-6-11(14(16)17)8-13(12)15/h8-10,12-13,18H,4-7H2,1-3H3,(H,16,17). The fourth-order valence-corrected chi connectivity index (χ4v) is 3.81. The summed E-state index contributed by atoms with van der Waals surface area (Å²) in [6.45, 7) is 6.44. The lowest BCUT2D eigenvalue weighted by Gasteiger charge is -2.51. The Labute approximate surface area is 109 Å². The lowest BCUT2D eigenvalue weighted by molar-refractivity contribution is -0.135. The van der Waals surface area contributed by atoms with Crippen LogP contribution in [0.2, 0.25) is 0 Å². The predicted octanol–water partition coefficient (Wildman–Crippen LogP) is 2.84. The molecule has 0 aromatic heterocycles. The quantitative estimate of drug-likeness (QED) is 0.794. The first-order valence-electron chi connectivity index (χ1n) is 7.02. The van der Waals surface area contributed by atoms with Gasteiger partial charge in [-0.15, -0.1) is 0 Å². The minimum atomic E-state index is -0.821. The molecule has 2 aliphatic rings. The van der Waals surface area contributed by atoms with Gasteiger partial charge in [-0.1, -0.05) is 26.8 Å². The average Bonchev–Trinajstić information content (AvgIpc) is 2.29. The number of carbonyl (C=O) groups is 1. The summed E-state index contributed by atoms with van der Waals surface area (Å²) in [7, 11) is 0. The van der Waals surface area contributed by atoms with Gasteiger partial charge in [-0.3, -0.25) is 0 Å². The Morgan fingerprint density at radius 2 is 2.11 bits per heavy atom. The smallest absolute Gasteiger partial charge is 0.331 e. The van der Waals surface area contributed by atoms with Crippen LogP contribution in [0.25, 0.3) is 0 Å². The van der Waals surface area contributed by atoms with Crippen molar-refractivity contribution >= 4 is 5.97 Å². The Morgan fingerprint density at radius 3 is 2.67 bits per heavy atom. The van der Waals surface area contributed by atoms with Crippen molar-refractivity contribution in [1.29, 1.82) is 0 Å². The minimum absolute atomic E-state index is 0.0149. The predicted molar refractivity (Wildman–Crippen MR) is 70.1 cm³/mol. The van der Waals surface area contributed by atoms with E-state index in [9.17, 15) is 9.90 Å². The molecule has 2 N–H and O–H groups in total. The number of carboxylic acid groups (broad SMARTS) is 1. The third-order valence-corrected chi connectivity index (χ3v) is 5.13. The highest BCUT2D eigenvalue weighted by atomic mass is 16.4. The van der Waals surface area contributed by atoms with E-state index in [0.29, 0.717) is 30.3 Å². The maximum absolute atomic E-state index is 11.1. The number of rotatable bonds is 2. The van der Waals surface area contributed by atoms with E-state index in [4.69, 9.17) is 5.11 Å². The van der Waals surface area contributed by atoms with E-state index in [-0.39, 0.29) is 11.8 Å². The lowest BCUT2D eigenvalue weighted by Crippen LogP contribution is -2.52. The van der Waals surface area contributed by atoms with Crippen LogP contribution in [0.4, 0.5) is 0 Å². The maximum atomic E-state index is 11.1. The van der Waals surface area contributed by atoms with Crippen molar-refractivity contribution in [3.05, 3.63) is 11.6 Å². The second-order valence-electron chi connectivity index (χ2n) is 6.40. The summed E-state index contributed by atoms with van der Waals surface area (Å²) in [6.07, 6.45) is 5.09. The molecular formula is C15H24O3. The zero-order valence-electron chi connectivity index (χ0n) is 11.5. The average molecular weight is 252 g/mol. The van der Waals surface area contributed by atoms with Crippen LogP contribution in [0.3, 0.4) is 0 Å². The summed E-state index contributed by atoms with van der Waals surface area (Å²) in [5.41, 5.74) is -0.198. The monoisotopic (exact) mass is 252 g/mol. The second kappa shape index (κ2) is 4.69. The number of aliphatic carboxylic acids is 1. The molecule has 0 bridgehead atoms. The Balaban J connectivity index is 2.37. The molecule has 1 fully saturated rings. The second-order valence-corrected chi connectivity index (χ2v) is 6.40. The molecule has 0 saturated heterocycles. The van der Waals surface area contributed by atoms with E-state index in [0.717, 1.165) is 12.8 Å². The number of carboxylic acids is 1. The fraction of sp³-hybridized carbons (Fsp3) is 0.800. The summed E-state index contributed by atoms with van der Waals surface area (Å²) >= 11 is 0. The molecule has 3 nitrogen and oxygen atoms in total. The van der Waals surface area contributed by atoms with Gasteiger partial charge < -0.3 is 10.2 Å². The van der Waals surface area contributed by atoms with Crippen molar-refractivity contribution in [3.8, 4) is 0 Å². The van der Waals surface area contributed by atoms with Crippen molar-refractivity contribution in [3.63, 3.8) is 0 Å². The largest absolute Gasteiger partial charge is 0.478 e. The summed E-state index contributed by atoms with van der Waals surface area (Å²) in [6, 6.07) is 0. The molecule has 2 rings (SSSR count). The van der Waals surface area contributed by atoms with Gasteiger partial charge in [0.2, 0.25) is 0 Å². The van der Waals surface area contributed by atoms with Gasteiger partial charge in [-0.2, -0.15) is 0 Å². The van der Waals surface area contributed by atoms with E-state index in [1.54, 1.807) is 0 Å². The normalized spacial score (nSPS) is 40.3. The molecule has 0 heterocycles. The van der Waals surface area contributed by atoms with Crippen molar-refractivity contribution in [1.82, 2.24) is 0 Å². The van der Waals surface area contributed by atoms with Crippen LogP contribution in [-0.2, 0) is 4.79 Å². The Kier molecular flexibility index (Phi) is 3.54. The Bertz CT molecular complexity index is 372. The van der Waals surface area contributed by atoms with Crippen molar-refractivity contribution < 1.29 is 15.0 Å². The summed E-state index contributed by atoms with van der Waals surface area (Å²) in [4.78, 5) is 11.1. The molecule has 0 spiro atoms. The van der Waals surface area contributed by atoms with E-state index in [2.05, 4.69) is 20.8 Å². The Hall–Kier alpha value is -0.830. The van der Waals surface area contributed by atoms with Crippen molar-refractivity contribution in [2.75, 3.05) is 0 Å². The summed E-state index contributed by atoms with van der Waals surface area (Å²) in [5.74, 6) is 0.349. The van der Waals surface area contributed by atoms with Crippen molar-refractivity contribution in [2.24, 2.45) is 23.7 Å². The summed E-state index contributed by atoms with van der Waals surface area (Å²) in [5, 5.41) is 20.1. The number of hydrogen-bond acceptors (Lipinski definition) is 2. The number of fused-ring (bicyclic) bond motifs is 1. The van der Waals surface area contributed by atoms with E-state index < -0.39 is 11.6 Å². The van der Waals surface area contributed by atoms with Crippen molar-refractivity contribution in [2.45, 2.75) is 52.1 Å². The third kappa shape index (κ3) is 2.09. The fourth-order valence-electron chi connectivity index (χ4n) is 3.81. The van der Waals surface area contributed by atoms with Crippen LogP contribution in [0.5, 0.6) is 0 Å². The van der Waals surface area contributed by atoms with Crippen LogP contribution in [0.15, 0.2) is 11.6 Å². The molecule has 2 aliphatic carbocycles. The van der Waals surface area contributed by atoms with Crippen LogP contribution in [0, 0.1) is 23.7 Å². The zero-order chi connectivity index (χ0) is 13.5. The zero-order valence-corrected chi connectivity index (χ0v) is 11.5. The molecule has 1 saturated carbocycles. The molecule has 4 unspecified atom stereocenters. The molecule has 18 heavy (non-hydrogen) atoms. The highest BCUT2D eigenvalue weighted by Crippen LogP contribution is 2.50. The topological polar surface area (TPSA) is 57.5 Å². The molecule has 4 atom stereocenters. The molecule has 3 heteroatoms. The maximum Gasteiger partial charge on any atom is 0.331 e. The van der Waals surface area contributed by atoms with Gasteiger partial charge in [0, 0.05) is 11.5 Å². The lowest BCUT2D eigenvalue weighted by atomic mass is 9.57. The van der Waals surface area contributed by atoms with Gasteiger partial charge in [0.25, 0.3) is 0 Å². The molecule has 102 valence electrons. The molecule has 0 aromatic rings. The molecular weight excluding hydrogens is 228 g/mol. The van der Waals surface area contributed by atoms with Gasteiger partial charge >= 0.3 is 5.97 Å². The number of aliphatic hydroxyl groups is 1.